The van der Waals surface area contributed by atoms with Gasteiger partial charge in [0.1, 0.15) is 0 Å². The van der Waals surface area contributed by atoms with Crippen molar-refractivity contribution in [1.82, 2.24) is 9.78 Å². The molecule has 0 saturated carbocycles. The average Bonchev–Trinajstić information content (AvgIpc) is 2.37. The smallest absolute Gasteiger partial charge is 0.267 e. The Morgan fingerprint density at radius 3 is 2.83 bits per heavy atom. The number of nitrogens with zero attached hydrogens (tertiary/aromatic N) is 2. The summed E-state index contributed by atoms with van der Waals surface area (Å²) in [6, 6.07) is 8.61. The van der Waals surface area contributed by atoms with Crippen LogP contribution in [0.3, 0.4) is 0 Å². The lowest BCUT2D eigenvalue weighted by Crippen LogP contribution is -2.23. The number of ether oxygens (including phenoxy) is 1. The van der Waals surface area contributed by atoms with Crippen LogP contribution in [0.4, 0.5) is 5.69 Å². The Labute approximate surface area is 105 Å². The molecule has 5 nitrogen and oxygen atoms in total. The van der Waals surface area contributed by atoms with Gasteiger partial charge in [0.25, 0.3) is 5.56 Å². The lowest BCUT2D eigenvalue weighted by molar-refractivity contribution is 0.379. The molecule has 0 radical (unpaired) electrons. The number of methoxy groups -OCH3 is 1. The first-order chi connectivity index (χ1) is 8.61. The summed E-state index contributed by atoms with van der Waals surface area (Å²) in [5.74, 6) is 0.413. The number of rotatable bonds is 3. The van der Waals surface area contributed by atoms with Crippen LogP contribution < -0.4 is 16.0 Å². The minimum Gasteiger partial charge on any atom is -0.480 e. The van der Waals surface area contributed by atoms with Crippen molar-refractivity contribution < 1.29 is 4.74 Å². The van der Waals surface area contributed by atoms with Crippen molar-refractivity contribution in [3.8, 4) is 5.88 Å². The second kappa shape index (κ2) is 4.91. The largest absolute Gasteiger partial charge is 0.480 e. The van der Waals surface area contributed by atoms with E-state index in [2.05, 4.69) is 5.10 Å². The first kappa shape index (κ1) is 12.2. The van der Waals surface area contributed by atoms with Gasteiger partial charge in [-0.3, -0.25) is 4.79 Å². The first-order valence-corrected chi connectivity index (χ1v) is 5.58. The molecule has 0 saturated heterocycles. The van der Waals surface area contributed by atoms with Crippen LogP contribution in [-0.2, 0) is 6.54 Å². The summed E-state index contributed by atoms with van der Waals surface area (Å²) in [6.07, 6.45) is 0. The molecule has 18 heavy (non-hydrogen) atoms. The molecule has 0 atom stereocenters. The van der Waals surface area contributed by atoms with Gasteiger partial charge in [-0.1, -0.05) is 12.1 Å². The second-order valence-electron chi connectivity index (χ2n) is 4.00. The molecular weight excluding hydrogens is 230 g/mol. The Kier molecular flexibility index (Phi) is 3.32. The van der Waals surface area contributed by atoms with Gasteiger partial charge in [-0.2, -0.15) is 0 Å². The van der Waals surface area contributed by atoms with Gasteiger partial charge in [0.05, 0.1) is 13.7 Å². The third-order valence-corrected chi connectivity index (χ3v) is 2.86. The van der Waals surface area contributed by atoms with Gasteiger partial charge in [0.15, 0.2) is 0 Å². The Balaban J connectivity index is 2.39. The molecule has 2 rings (SSSR count). The van der Waals surface area contributed by atoms with E-state index in [4.69, 9.17) is 10.5 Å². The Hall–Kier alpha value is -2.30. The Morgan fingerprint density at radius 1 is 1.33 bits per heavy atom. The fourth-order valence-corrected chi connectivity index (χ4v) is 1.69. The fourth-order valence-electron chi connectivity index (χ4n) is 1.69. The van der Waals surface area contributed by atoms with Crippen molar-refractivity contribution >= 4 is 5.69 Å². The molecule has 1 aromatic carbocycles. The molecule has 0 fully saturated rings. The van der Waals surface area contributed by atoms with E-state index in [9.17, 15) is 4.79 Å². The van der Waals surface area contributed by atoms with E-state index in [1.165, 1.54) is 17.9 Å². The van der Waals surface area contributed by atoms with Crippen LogP contribution in [-0.4, -0.2) is 16.9 Å². The summed E-state index contributed by atoms with van der Waals surface area (Å²) in [7, 11) is 1.52. The number of hydrogen-bond donors (Lipinski definition) is 1. The lowest BCUT2D eigenvalue weighted by atomic mass is 10.1. The van der Waals surface area contributed by atoms with Crippen LogP contribution in [0.2, 0.25) is 0 Å². The van der Waals surface area contributed by atoms with Gasteiger partial charge in [-0.15, -0.1) is 5.10 Å². The molecule has 2 N–H and O–H groups in total. The predicted octanol–water partition coefficient (Wildman–Crippen LogP) is 1.19. The number of benzene rings is 1. The SMILES string of the molecule is COc1ccc(=O)n(Cc2cccc(N)c2C)n1. The molecule has 0 spiro atoms. The molecule has 1 heterocycles. The minimum atomic E-state index is -0.169. The molecule has 0 bridgehead atoms. The predicted molar refractivity (Wildman–Crippen MR) is 69.7 cm³/mol. The molecule has 0 aliphatic heterocycles. The maximum Gasteiger partial charge on any atom is 0.267 e. The fraction of sp³-hybridized carbons (Fsp3) is 0.231. The van der Waals surface area contributed by atoms with Gasteiger partial charge in [-0.25, -0.2) is 4.68 Å². The Morgan fingerprint density at radius 2 is 2.11 bits per heavy atom. The molecule has 5 heteroatoms. The minimum absolute atomic E-state index is 0.169. The van der Waals surface area contributed by atoms with Crippen molar-refractivity contribution in [2.75, 3.05) is 12.8 Å². The molecule has 0 unspecified atom stereocenters. The summed E-state index contributed by atoms with van der Waals surface area (Å²) >= 11 is 0. The van der Waals surface area contributed by atoms with E-state index in [0.29, 0.717) is 18.1 Å². The number of anilines is 1. The molecule has 0 amide bonds. The highest BCUT2D eigenvalue weighted by Gasteiger charge is 2.05. The lowest BCUT2D eigenvalue weighted by Gasteiger charge is -2.10. The van der Waals surface area contributed by atoms with Gasteiger partial charge in [0, 0.05) is 17.8 Å². The third-order valence-electron chi connectivity index (χ3n) is 2.86. The molecule has 2 aromatic rings. The van der Waals surface area contributed by atoms with E-state index >= 15 is 0 Å². The molecule has 94 valence electrons. The highest BCUT2D eigenvalue weighted by atomic mass is 16.5. The zero-order chi connectivity index (χ0) is 13.1. The normalized spacial score (nSPS) is 10.3. The van der Waals surface area contributed by atoms with Gasteiger partial charge >= 0.3 is 0 Å². The maximum atomic E-state index is 11.7. The summed E-state index contributed by atoms with van der Waals surface area (Å²) in [6.45, 7) is 2.31. The third kappa shape index (κ3) is 2.34. The highest BCUT2D eigenvalue weighted by molar-refractivity contribution is 5.49. The van der Waals surface area contributed by atoms with Crippen molar-refractivity contribution in [1.29, 1.82) is 0 Å². The van der Waals surface area contributed by atoms with Crippen molar-refractivity contribution in [2.45, 2.75) is 13.5 Å². The van der Waals surface area contributed by atoms with Crippen LogP contribution in [0.5, 0.6) is 5.88 Å². The van der Waals surface area contributed by atoms with Gasteiger partial charge < -0.3 is 10.5 Å². The highest BCUT2D eigenvalue weighted by Crippen LogP contribution is 2.16. The topological polar surface area (TPSA) is 70.1 Å². The van der Waals surface area contributed by atoms with Crippen molar-refractivity contribution in [3.05, 3.63) is 51.8 Å². The maximum absolute atomic E-state index is 11.7. The van der Waals surface area contributed by atoms with E-state index in [0.717, 1.165) is 11.1 Å². The monoisotopic (exact) mass is 245 g/mol. The summed E-state index contributed by atoms with van der Waals surface area (Å²) in [5.41, 5.74) is 8.32. The zero-order valence-electron chi connectivity index (χ0n) is 10.4. The quantitative estimate of drug-likeness (QED) is 0.825. The van der Waals surface area contributed by atoms with Crippen LogP contribution in [0, 0.1) is 6.92 Å². The summed E-state index contributed by atoms with van der Waals surface area (Å²) in [5, 5.41) is 4.10. The van der Waals surface area contributed by atoms with Crippen molar-refractivity contribution in [2.24, 2.45) is 0 Å². The van der Waals surface area contributed by atoms with E-state index in [1.54, 1.807) is 6.07 Å². The van der Waals surface area contributed by atoms with E-state index in [-0.39, 0.29) is 5.56 Å². The molecule has 1 aromatic heterocycles. The number of hydrogen-bond acceptors (Lipinski definition) is 4. The first-order valence-electron chi connectivity index (χ1n) is 5.58. The molecular formula is C13H15N3O2. The number of aromatic nitrogens is 2. The van der Waals surface area contributed by atoms with Crippen LogP contribution >= 0.6 is 0 Å². The van der Waals surface area contributed by atoms with Gasteiger partial charge in [0.2, 0.25) is 5.88 Å². The summed E-state index contributed by atoms with van der Waals surface area (Å²) in [4.78, 5) is 11.7. The zero-order valence-corrected chi connectivity index (χ0v) is 10.4. The van der Waals surface area contributed by atoms with Gasteiger partial charge in [-0.05, 0) is 24.1 Å². The summed E-state index contributed by atoms with van der Waals surface area (Å²) < 4.78 is 6.37. The number of nitrogen functional groups attached to an aromatic ring is 1. The Bertz CT molecular complexity index is 620. The molecule has 0 aliphatic carbocycles. The van der Waals surface area contributed by atoms with E-state index in [1.807, 2.05) is 25.1 Å². The number of nitrogens with two attached hydrogens (primary N) is 1. The van der Waals surface area contributed by atoms with Crippen LogP contribution in [0.25, 0.3) is 0 Å². The molecule has 0 aliphatic rings. The van der Waals surface area contributed by atoms with Crippen LogP contribution in [0.15, 0.2) is 35.1 Å². The average molecular weight is 245 g/mol. The standard InChI is InChI=1S/C13H15N3O2/c1-9-10(4-3-5-11(9)14)8-16-13(17)7-6-12(15-16)18-2/h3-7H,8,14H2,1-2H3. The van der Waals surface area contributed by atoms with E-state index < -0.39 is 0 Å². The second-order valence-corrected chi connectivity index (χ2v) is 4.00. The van der Waals surface area contributed by atoms with Crippen molar-refractivity contribution in [3.63, 3.8) is 0 Å². The van der Waals surface area contributed by atoms with Crippen LogP contribution in [0.1, 0.15) is 11.1 Å².